The molecule has 0 saturated heterocycles. The fourth-order valence-corrected chi connectivity index (χ4v) is 1.39. The first kappa shape index (κ1) is 13.5. The predicted molar refractivity (Wildman–Crippen MR) is 67.4 cm³/mol. The maximum absolute atomic E-state index is 11.2. The summed E-state index contributed by atoms with van der Waals surface area (Å²) in [5, 5.41) is 0. The smallest absolute Gasteiger partial charge is 0.330 e. The second-order valence-electron chi connectivity index (χ2n) is 3.42. The van der Waals surface area contributed by atoms with E-state index in [-0.39, 0.29) is 5.97 Å². The fraction of sp³-hybridized carbons (Fsp3) is 0.357. The zero-order valence-corrected chi connectivity index (χ0v) is 10.3. The Balaban J connectivity index is 2.72. The third-order valence-electron chi connectivity index (χ3n) is 2.20. The number of hydrogen-bond acceptors (Lipinski definition) is 3. The lowest BCUT2D eigenvalue weighted by atomic mass is 10.1. The van der Waals surface area contributed by atoms with Gasteiger partial charge in [-0.3, -0.25) is 0 Å². The first-order valence-corrected chi connectivity index (χ1v) is 5.78. The van der Waals surface area contributed by atoms with Gasteiger partial charge in [-0.2, -0.15) is 0 Å². The molecule has 3 heteroatoms. The number of hydrogen-bond donors (Lipinski definition) is 0. The van der Waals surface area contributed by atoms with E-state index >= 15 is 0 Å². The molecule has 3 nitrogen and oxygen atoms in total. The standard InChI is InChI=1S/C14H18O3/c1-3-16-11-13-8-6-5-7-12(13)9-10-14(15)17-4-2/h5-10H,3-4,11H2,1-2H3/b10-9+. The van der Waals surface area contributed by atoms with E-state index in [0.717, 1.165) is 11.1 Å². The van der Waals surface area contributed by atoms with Crippen LogP contribution in [0.15, 0.2) is 30.3 Å². The lowest BCUT2D eigenvalue weighted by Crippen LogP contribution is -1.99. The van der Waals surface area contributed by atoms with Gasteiger partial charge in [0.25, 0.3) is 0 Å². The van der Waals surface area contributed by atoms with Gasteiger partial charge in [0.05, 0.1) is 13.2 Å². The summed E-state index contributed by atoms with van der Waals surface area (Å²) in [6.07, 6.45) is 3.20. The molecule has 0 fully saturated rings. The zero-order valence-electron chi connectivity index (χ0n) is 10.3. The highest BCUT2D eigenvalue weighted by Crippen LogP contribution is 2.12. The summed E-state index contributed by atoms with van der Waals surface area (Å²) in [4.78, 5) is 11.2. The largest absolute Gasteiger partial charge is 0.463 e. The highest BCUT2D eigenvalue weighted by Gasteiger charge is 1.99. The van der Waals surface area contributed by atoms with Crippen LogP contribution in [-0.2, 0) is 20.9 Å². The Kier molecular flexibility index (Phi) is 6.04. The number of carbonyl (C=O) groups is 1. The van der Waals surface area contributed by atoms with Crippen molar-refractivity contribution in [1.29, 1.82) is 0 Å². The molecule has 0 aliphatic carbocycles. The normalized spacial score (nSPS) is 10.7. The summed E-state index contributed by atoms with van der Waals surface area (Å²) in [5.41, 5.74) is 2.05. The van der Waals surface area contributed by atoms with E-state index in [2.05, 4.69) is 0 Å². The predicted octanol–water partition coefficient (Wildman–Crippen LogP) is 2.80. The molecule has 0 spiro atoms. The Hall–Kier alpha value is -1.61. The molecule has 0 heterocycles. The number of esters is 1. The van der Waals surface area contributed by atoms with Gasteiger partial charge in [0.1, 0.15) is 0 Å². The van der Waals surface area contributed by atoms with Crippen molar-refractivity contribution in [3.63, 3.8) is 0 Å². The molecule has 1 aromatic rings. The van der Waals surface area contributed by atoms with Crippen molar-refractivity contribution in [3.05, 3.63) is 41.5 Å². The lowest BCUT2D eigenvalue weighted by molar-refractivity contribution is -0.137. The summed E-state index contributed by atoms with van der Waals surface area (Å²) >= 11 is 0. The maximum atomic E-state index is 11.2. The topological polar surface area (TPSA) is 35.5 Å². The molecule has 0 radical (unpaired) electrons. The van der Waals surface area contributed by atoms with E-state index in [9.17, 15) is 4.79 Å². The first-order valence-electron chi connectivity index (χ1n) is 5.78. The Morgan fingerprint density at radius 3 is 2.71 bits per heavy atom. The molecule has 1 rings (SSSR count). The summed E-state index contributed by atoms with van der Waals surface area (Å²) in [6, 6.07) is 7.82. The molecule has 0 amide bonds. The van der Waals surface area contributed by atoms with Gasteiger partial charge in [0.2, 0.25) is 0 Å². The van der Waals surface area contributed by atoms with Crippen molar-refractivity contribution in [1.82, 2.24) is 0 Å². The van der Waals surface area contributed by atoms with Crippen molar-refractivity contribution >= 4 is 12.0 Å². The van der Waals surface area contributed by atoms with Crippen LogP contribution in [0.5, 0.6) is 0 Å². The van der Waals surface area contributed by atoms with Crippen LogP contribution in [0, 0.1) is 0 Å². The molecular weight excluding hydrogens is 216 g/mol. The molecule has 0 aliphatic rings. The number of carbonyl (C=O) groups excluding carboxylic acids is 1. The van der Waals surface area contributed by atoms with Crippen molar-refractivity contribution in [2.75, 3.05) is 13.2 Å². The van der Waals surface area contributed by atoms with Crippen LogP contribution in [0.2, 0.25) is 0 Å². The highest BCUT2D eigenvalue weighted by molar-refractivity contribution is 5.87. The highest BCUT2D eigenvalue weighted by atomic mass is 16.5. The molecule has 0 bridgehead atoms. The lowest BCUT2D eigenvalue weighted by Gasteiger charge is -2.05. The number of benzene rings is 1. The third kappa shape index (κ3) is 4.83. The number of rotatable bonds is 6. The van der Waals surface area contributed by atoms with E-state index in [1.807, 2.05) is 31.2 Å². The van der Waals surface area contributed by atoms with Crippen LogP contribution >= 0.6 is 0 Å². The Labute approximate surface area is 102 Å². The van der Waals surface area contributed by atoms with Crippen molar-refractivity contribution < 1.29 is 14.3 Å². The molecule has 0 atom stereocenters. The first-order chi connectivity index (χ1) is 8.27. The second kappa shape index (κ2) is 7.63. The maximum Gasteiger partial charge on any atom is 0.330 e. The van der Waals surface area contributed by atoms with Gasteiger partial charge < -0.3 is 9.47 Å². The van der Waals surface area contributed by atoms with Gasteiger partial charge >= 0.3 is 5.97 Å². The van der Waals surface area contributed by atoms with Crippen LogP contribution in [0.25, 0.3) is 6.08 Å². The van der Waals surface area contributed by atoms with Gasteiger partial charge in [0, 0.05) is 12.7 Å². The van der Waals surface area contributed by atoms with Crippen LogP contribution < -0.4 is 0 Å². The van der Waals surface area contributed by atoms with E-state index in [1.54, 1.807) is 13.0 Å². The Morgan fingerprint density at radius 1 is 1.24 bits per heavy atom. The van der Waals surface area contributed by atoms with E-state index in [1.165, 1.54) is 6.08 Å². The van der Waals surface area contributed by atoms with Crippen LogP contribution in [0.3, 0.4) is 0 Å². The molecule has 0 N–H and O–H groups in total. The summed E-state index contributed by atoms with van der Waals surface area (Å²) in [6.45, 7) is 5.37. The summed E-state index contributed by atoms with van der Waals surface area (Å²) in [7, 11) is 0. The van der Waals surface area contributed by atoms with E-state index < -0.39 is 0 Å². The fourth-order valence-electron chi connectivity index (χ4n) is 1.39. The van der Waals surface area contributed by atoms with Gasteiger partial charge in [-0.25, -0.2) is 4.79 Å². The monoisotopic (exact) mass is 234 g/mol. The zero-order chi connectivity index (χ0) is 12.5. The van der Waals surface area contributed by atoms with Gasteiger partial charge in [0.15, 0.2) is 0 Å². The summed E-state index contributed by atoms with van der Waals surface area (Å²) in [5.74, 6) is -0.321. The molecule has 0 aliphatic heterocycles. The molecule has 0 saturated carbocycles. The molecule has 92 valence electrons. The minimum Gasteiger partial charge on any atom is -0.463 e. The molecule has 1 aromatic carbocycles. The van der Waals surface area contributed by atoms with Crippen molar-refractivity contribution in [2.45, 2.75) is 20.5 Å². The van der Waals surface area contributed by atoms with Crippen LogP contribution in [0.4, 0.5) is 0 Å². The van der Waals surface area contributed by atoms with E-state index in [4.69, 9.17) is 9.47 Å². The average molecular weight is 234 g/mol. The van der Waals surface area contributed by atoms with Gasteiger partial charge in [-0.05, 0) is 31.1 Å². The second-order valence-corrected chi connectivity index (χ2v) is 3.42. The Bertz CT molecular complexity index is 383. The SMILES string of the molecule is CCOCc1ccccc1/C=C/C(=O)OCC. The minimum absolute atomic E-state index is 0.321. The molecule has 17 heavy (non-hydrogen) atoms. The Morgan fingerprint density at radius 2 is 2.00 bits per heavy atom. The van der Waals surface area contributed by atoms with Crippen molar-refractivity contribution in [3.8, 4) is 0 Å². The minimum atomic E-state index is -0.321. The molecule has 0 aromatic heterocycles. The van der Waals surface area contributed by atoms with E-state index in [0.29, 0.717) is 19.8 Å². The summed E-state index contributed by atoms with van der Waals surface area (Å²) < 4.78 is 10.2. The van der Waals surface area contributed by atoms with Crippen LogP contribution in [-0.4, -0.2) is 19.2 Å². The quantitative estimate of drug-likeness (QED) is 0.561. The molecule has 0 unspecified atom stereocenters. The third-order valence-corrected chi connectivity index (χ3v) is 2.20. The molecular formula is C14H18O3. The number of ether oxygens (including phenoxy) is 2. The van der Waals surface area contributed by atoms with Crippen LogP contribution in [0.1, 0.15) is 25.0 Å². The average Bonchev–Trinajstić information content (AvgIpc) is 2.35. The van der Waals surface area contributed by atoms with Gasteiger partial charge in [-0.15, -0.1) is 0 Å². The van der Waals surface area contributed by atoms with Gasteiger partial charge in [-0.1, -0.05) is 24.3 Å². The van der Waals surface area contributed by atoms with Crippen molar-refractivity contribution in [2.24, 2.45) is 0 Å².